The van der Waals surface area contributed by atoms with Crippen molar-refractivity contribution in [2.75, 3.05) is 20.2 Å². The predicted octanol–water partition coefficient (Wildman–Crippen LogP) is 4.20. The van der Waals surface area contributed by atoms with Gasteiger partial charge in [0.1, 0.15) is 5.75 Å². The molecule has 21 heavy (non-hydrogen) atoms. The largest absolute Gasteiger partial charge is 0.493 e. The molecule has 1 aliphatic carbocycles. The Hall–Kier alpha value is -0.540. The highest BCUT2D eigenvalue weighted by molar-refractivity contribution is 9.10. The lowest BCUT2D eigenvalue weighted by Gasteiger charge is -2.35. The summed E-state index contributed by atoms with van der Waals surface area (Å²) in [4.78, 5) is 0. The van der Waals surface area contributed by atoms with Crippen molar-refractivity contribution in [2.45, 2.75) is 39.0 Å². The van der Waals surface area contributed by atoms with Gasteiger partial charge in [-0.3, -0.25) is 0 Å². The third-order valence-corrected chi connectivity index (χ3v) is 5.63. The molecule has 116 valence electrons. The fourth-order valence-electron chi connectivity index (χ4n) is 4.12. The molecule has 0 saturated heterocycles. The van der Waals surface area contributed by atoms with Crippen molar-refractivity contribution in [3.8, 4) is 5.75 Å². The molecule has 1 heterocycles. The van der Waals surface area contributed by atoms with E-state index >= 15 is 0 Å². The van der Waals surface area contributed by atoms with Crippen molar-refractivity contribution in [1.82, 2.24) is 5.32 Å². The van der Waals surface area contributed by atoms with Gasteiger partial charge < -0.3 is 10.1 Å². The molecule has 1 aromatic rings. The third-order valence-electron chi connectivity index (χ3n) is 5.18. The van der Waals surface area contributed by atoms with Gasteiger partial charge in [0.05, 0.1) is 6.61 Å². The van der Waals surface area contributed by atoms with Crippen LogP contribution >= 0.6 is 15.9 Å². The van der Waals surface area contributed by atoms with Gasteiger partial charge in [0.25, 0.3) is 0 Å². The molecule has 1 aliphatic heterocycles. The van der Waals surface area contributed by atoms with Crippen LogP contribution in [-0.4, -0.2) is 20.2 Å². The fraction of sp³-hybridized carbons (Fsp3) is 0.667. The zero-order valence-corrected chi connectivity index (χ0v) is 14.7. The van der Waals surface area contributed by atoms with Gasteiger partial charge >= 0.3 is 0 Å². The summed E-state index contributed by atoms with van der Waals surface area (Å²) in [6.07, 6.45) is 6.33. The Labute approximate surface area is 136 Å². The lowest BCUT2D eigenvalue weighted by molar-refractivity contribution is 0.185. The molecule has 0 bridgehead atoms. The van der Waals surface area contributed by atoms with Crippen LogP contribution in [0.3, 0.4) is 0 Å². The molecular weight excluding hydrogens is 326 g/mol. The zero-order valence-electron chi connectivity index (χ0n) is 13.1. The monoisotopic (exact) mass is 351 g/mol. The SMILES string of the molecule is CNCC1CCC(C)CC1Cc1cc(Br)cc2c1OCC2. The number of hydrogen-bond acceptors (Lipinski definition) is 2. The number of halogens is 1. The van der Waals surface area contributed by atoms with E-state index in [1.165, 1.54) is 47.0 Å². The van der Waals surface area contributed by atoms with Crippen molar-refractivity contribution in [2.24, 2.45) is 17.8 Å². The van der Waals surface area contributed by atoms with Gasteiger partial charge in [-0.05, 0) is 73.9 Å². The van der Waals surface area contributed by atoms with Gasteiger partial charge in [-0.2, -0.15) is 0 Å². The van der Waals surface area contributed by atoms with Crippen LogP contribution in [0.15, 0.2) is 16.6 Å². The van der Waals surface area contributed by atoms with Crippen LogP contribution in [0.4, 0.5) is 0 Å². The van der Waals surface area contributed by atoms with Crippen molar-refractivity contribution < 1.29 is 4.74 Å². The Morgan fingerprint density at radius 3 is 2.95 bits per heavy atom. The van der Waals surface area contributed by atoms with Gasteiger partial charge in [-0.1, -0.05) is 29.3 Å². The molecule has 0 spiro atoms. The van der Waals surface area contributed by atoms with E-state index in [9.17, 15) is 0 Å². The van der Waals surface area contributed by atoms with E-state index in [-0.39, 0.29) is 0 Å². The van der Waals surface area contributed by atoms with Crippen LogP contribution in [0.25, 0.3) is 0 Å². The number of ether oxygens (including phenoxy) is 1. The van der Waals surface area contributed by atoms with Gasteiger partial charge in [0, 0.05) is 10.9 Å². The summed E-state index contributed by atoms with van der Waals surface area (Å²) in [6.45, 7) is 4.40. The minimum Gasteiger partial charge on any atom is -0.493 e. The van der Waals surface area contributed by atoms with Gasteiger partial charge in [-0.15, -0.1) is 0 Å². The standard InChI is InChI=1S/C18H26BrNO/c1-12-3-4-14(11-20-2)15(7-12)8-16-10-17(19)9-13-5-6-21-18(13)16/h9-10,12,14-15,20H,3-8,11H2,1-2H3. The molecule has 3 heteroatoms. The molecule has 2 nitrogen and oxygen atoms in total. The van der Waals surface area contributed by atoms with E-state index in [1.54, 1.807) is 0 Å². The molecular formula is C18H26BrNO. The number of fused-ring (bicyclic) bond motifs is 1. The van der Waals surface area contributed by atoms with Crippen LogP contribution in [0.1, 0.15) is 37.3 Å². The Morgan fingerprint density at radius 1 is 1.29 bits per heavy atom. The Kier molecular flexibility index (Phi) is 4.90. The van der Waals surface area contributed by atoms with Crippen LogP contribution < -0.4 is 10.1 Å². The normalized spacial score (nSPS) is 28.2. The second-order valence-corrected chi connectivity index (χ2v) is 7.77. The van der Waals surface area contributed by atoms with Gasteiger partial charge in [0.2, 0.25) is 0 Å². The first-order chi connectivity index (χ1) is 10.2. The molecule has 1 fully saturated rings. The number of nitrogens with one attached hydrogen (secondary N) is 1. The highest BCUT2D eigenvalue weighted by Gasteiger charge is 2.30. The number of benzene rings is 1. The van der Waals surface area contributed by atoms with Crippen LogP contribution in [-0.2, 0) is 12.8 Å². The smallest absolute Gasteiger partial charge is 0.125 e. The molecule has 1 aromatic carbocycles. The predicted molar refractivity (Wildman–Crippen MR) is 91.0 cm³/mol. The molecule has 1 N–H and O–H groups in total. The molecule has 0 amide bonds. The molecule has 0 aromatic heterocycles. The topological polar surface area (TPSA) is 21.3 Å². The lowest BCUT2D eigenvalue weighted by Crippen LogP contribution is -2.32. The van der Waals surface area contributed by atoms with Gasteiger partial charge in [-0.25, -0.2) is 0 Å². The minimum absolute atomic E-state index is 0.781. The van der Waals surface area contributed by atoms with Crippen molar-refractivity contribution in [3.05, 3.63) is 27.7 Å². The molecule has 3 rings (SSSR count). The average Bonchev–Trinajstić information content (AvgIpc) is 2.90. The maximum absolute atomic E-state index is 5.91. The fourth-order valence-corrected chi connectivity index (χ4v) is 4.68. The molecule has 3 unspecified atom stereocenters. The quantitative estimate of drug-likeness (QED) is 0.877. The molecule has 1 saturated carbocycles. The first kappa shape index (κ1) is 15.4. The van der Waals surface area contributed by atoms with E-state index in [4.69, 9.17) is 4.74 Å². The maximum atomic E-state index is 5.91. The first-order valence-corrected chi connectivity index (χ1v) is 9.05. The second-order valence-electron chi connectivity index (χ2n) is 6.85. The highest BCUT2D eigenvalue weighted by Crippen LogP contribution is 2.40. The molecule has 2 aliphatic rings. The Morgan fingerprint density at radius 2 is 2.14 bits per heavy atom. The summed E-state index contributed by atoms with van der Waals surface area (Å²) in [6, 6.07) is 4.50. The highest BCUT2D eigenvalue weighted by atomic mass is 79.9. The van der Waals surface area contributed by atoms with E-state index in [1.807, 2.05) is 0 Å². The van der Waals surface area contributed by atoms with Gasteiger partial charge in [0.15, 0.2) is 0 Å². The van der Waals surface area contributed by atoms with Crippen LogP contribution in [0.5, 0.6) is 5.75 Å². The summed E-state index contributed by atoms with van der Waals surface area (Å²) in [5.74, 6) is 3.63. The average molecular weight is 352 g/mol. The van der Waals surface area contributed by atoms with E-state index in [2.05, 4.69) is 47.4 Å². The zero-order chi connectivity index (χ0) is 14.8. The Bertz CT molecular complexity index is 502. The van der Waals surface area contributed by atoms with E-state index in [0.717, 1.165) is 37.3 Å². The van der Waals surface area contributed by atoms with Crippen molar-refractivity contribution >= 4 is 15.9 Å². The summed E-state index contributed by atoms with van der Waals surface area (Å²) in [5, 5.41) is 3.39. The summed E-state index contributed by atoms with van der Waals surface area (Å²) in [7, 11) is 2.08. The number of hydrogen-bond donors (Lipinski definition) is 1. The maximum Gasteiger partial charge on any atom is 0.125 e. The first-order valence-electron chi connectivity index (χ1n) is 8.26. The summed E-state index contributed by atoms with van der Waals surface area (Å²) >= 11 is 3.67. The molecule has 0 radical (unpaired) electrons. The Balaban J connectivity index is 1.81. The van der Waals surface area contributed by atoms with E-state index < -0.39 is 0 Å². The summed E-state index contributed by atoms with van der Waals surface area (Å²) < 4.78 is 7.12. The molecule has 3 atom stereocenters. The van der Waals surface area contributed by atoms with Crippen LogP contribution in [0, 0.1) is 17.8 Å². The number of rotatable bonds is 4. The lowest BCUT2D eigenvalue weighted by atomic mass is 9.72. The second kappa shape index (κ2) is 6.70. The van der Waals surface area contributed by atoms with Crippen LogP contribution in [0.2, 0.25) is 0 Å². The third kappa shape index (κ3) is 3.45. The van der Waals surface area contributed by atoms with Crippen molar-refractivity contribution in [3.63, 3.8) is 0 Å². The minimum atomic E-state index is 0.781. The van der Waals surface area contributed by atoms with Crippen molar-refractivity contribution in [1.29, 1.82) is 0 Å². The van der Waals surface area contributed by atoms with E-state index in [0.29, 0.717) is 0 Å². The summed E-state index contributed by atoms with van der Waals surface area (Å²) in [5.41, 5.74) is 2.80.